The van der Waals surface area contributed by atoms with Crippen molar-refractivity contribution in [2.75, 3.05) is 11.9 Å². The van der Waals surface area contributed by atoms with Crippen LogP contribution in [-0.2, 0) is 0 Å². The molecule has 0 amide bonds. The Morgan fingerprint density at radius 3 is 3.08 bits per heavy atom. The summed E-state index contributed by atoms with van der Waals surface area (Å²) in [5.41, 5.74) is -0.0389. The minimum Gasteiger partial charge on any atom is -0.477 e. The van der Waals surface area contributed by atoms with E-state index in [1.54, 1.807) is 12.1 Å². The first-order chi connectivity index (χ1) is 6.24. The highest BCUT2D eigenvalue weighted by atomic mass is 16.4. The molecule has 66 valence electrons. The zero-order chi connectivity index (χ0) is 9.68. The molecule has 1 aromatic rings. The first-order valence-electron chi connectivity index (χ1n) is 3.55. The minimum absolute atomic E-state index is 0.0389. The van der Waals surface area contributed by atoms with Crippen LogP contribution >= 0.6 is 0 Å². The number of aromatic nitrogens is 1. The van der Waals surface area contributed by atoms with Crippen molar-refractivity contribution in [3.05, 3.63) is 23.9 Å². The topological polar surface area (TPSA) is 86.0 Å². The van der Waals surface area contributed by atoms with E-state index in [4.69, 9.17) is 10.4 Å². The maximum absolute atomic E-state index is 10.5. The second-order valence-electron chi connectivity index (χ2n) is 2.22. The first-order valence-corrected chi connectivity index (χ1v) is 3.55. The normalized spacial score (nSPS) is 8.85. The van der Waals surface area contributed by atoms with Crippen molar-refractivity contribution in [1.29, 1.82) is 5.26 Å². The van der Waals surface area contributed by atoms with Crippen molar-refractivity contribution < 1.29 is 9.90 Å². The number of carbonyl (C=O) groups is 1. The number of nitrogens with zero attached hydrogens (tertiary/aromatic N) is 2. The Hall–Kier alpha value is -2.09. The molecule has 0 fully saturated rings. The summed E-state index contributed by atoms with van der Waals surface area (Å²) >= 11 is 0. The highest BCUT2D eigenvalue weighted by Gasteiger charge is 2.03. The van der Waals surface area contributed by atoms with Gasteiger partial charge in [0.05, 0.1) is 6.07 Å². The molecular weight excluding hydrogens is 170 g/mol. The molecule has 5 heteroatoms. The Kier molecular flexibility index (Phi) is 2.82. The summed E-state index contributed by atoms with van der Waals surface area (Å²) in [6, 6.07) is 6.42. The molecule has 1 heterocycles. The lowest BCUT2D eigenvalue weighted by atomic mass is 10.3. The van der Waals surface area contributed by atoms with Gasteiger partial charge in [-0.15, -0.1) is 0 Å². The summed E-state index contributed by atoms with van der Waals surface area (Å²) in [6.45, 7) is 0.107. The second kappa shape index (κ2) is 4.07. The Bertz CT molecular complexity index is 357. The van der Waals surface area contributed by atoms with Gasteiger partial charge in [-0.1, -0.05) is 6.07 Å². The SMILES string of the molecule is N#CCNc1cccc(C(=O)O)n1. The van der Waals surface area contributed by atoms with Crippen LogP contribution in [0.2, 0.25) is 0 Å². The second-order valence-corrected chi connectivity index (χ2v) is 2.22. The minimum atomic E-state index is -1.08. The highest BCUT2D eigenvalue weighted by molar-refractivity contribution is 5.85. The summed E-state index contributed by atoms with van der Waals surface area (Å²) in [4.78, 5) is 14.2. The molecule has 13 heavy (non-hydrogen) atoms. The monoisotopic (exact) mass is 177 g/mol. The number of nitrogens with one attached hydrogen (secondary N) is 1. The molecule has 0 spiro atoms. The van der Waals surface area contributed by atoms with Gasteiger partial charge in [0, 0.05) is 0 Å². The van der Waals surface area contributed by atoms with E-state index in [0.29, 0.717) is 5.82 Å². The molecule has 0 aliphatic rings. The lowest BCUT2D eigenvalue weighted by Gasteiger charge is -2.00. The van der Waals surface area contributed by atoms with Gasteiger partial charge < -0.3 is 10.4 Å². The van der Waals surface area contributed by atoms with Crippen molar-refractivity contribution in [1.82, 2.24) is 4.98 Å². The van der Waals surface area contributed by atoms with E-state index in [-0.39, 0.29) is 12.2 Å². The zero-order valence-electron chi connectivity index (χ0n) is 6.69. The molecule has 0 radical (unpaired) electrons. The molecule has 0 saturated carbocycles. The number of pyridine rings is 1. The Labute approximate surface area is 74.6 Å². The third-order valence-corrected chi connectivity index (χ3v) is 1.32. The molecular formula is C8H7N3O2. The summed E-state index contributed by atoms with van der Waals surface area (Å²) in [6.07, 6.45) is 0. The van der Waals surface area contributed by atoms with Crippen LogP contribution in [-0.4, -0.2) is 22.6 Å². The van der Waals surface area contributed by atoms with Gasteiger partial charge in [0.1, 0.15) is 12.4 Å². The predicted octanol–water partition coefficient (Wildman–Crippen LogP) is 0.715. The summed E-state index contributed by atoms with van der Waals surface area (Å²) in [5.74, 6) is -0.693. The number of aromatic carboxylic acids is 1. The van der Waals surface area contributed by atoms with E-state index >= 15 is 0 Å². The van der Waals surface area contributed by atoms with Gasteiger partial charge >= 0.3 is 5.97 Å². The van der Waals surface area contributed by atoms with Crippen molar-refractivity contribution in [2.45, 2.75) is 0 Å². The van der Waals surface area contributed by atoms with Crippen LogP contribution in [0, 0.1) is 11.3 Å². The summed E-state index contributed by atoms with van der Waals surface area (Å²) in [7, 11) is 0. The molecule has 1 aromatic heterocycles. The molecule has 1 rings (SSSR count). The van der Waals surface area contributed by atoms with Crippen LogP contribution in [0.5, 0.6) is 0 Å². The Morgan fingerprint density at radius 2 is 2.46 bits per heavy atom. The molecule has 0 aromatic carbocycles. The van der Waals surface area contributed by atoms with Crippen LogP contribution in [0.1, 0.15) is 10.5 Å². The van der Waals surface area contributed by atoms with E-state index in [0.717, 1.165) is 0 Å². The summed E-state index contributed by atoms with van der Waals surface area (Å²) in [5, 5.41) is 19.5. The van der Waals surface area contributed by atoms with Gasteiger partial charge in [0.25, 0.3) is 0 Å². The van der Waals surface area contributed by atoms with Gasteiger partial charge in [-0.2, -0.15) is 5.26 Å². The third kappa shape index (κ3) is 2.45. The molecule has 0 atom stereocenters. The third-order valence-electron chi connectivity index (χ3n) is 1.32. The number of rotatable bonds is 3. The molecule has 5 nitrogen and oxygen atoms in total. The van der Waals surface area contributed by atoms with Crippen LogP contribution in [0.15, 0.2) is 18.2 Å². The zero-order valence-corrected chi connectivity index (χ0v) is 6.69. The average Bonchev–Trinajstić information content (AvgIpc) is 2.15. The van der Waals surface area contributed by atoms with Gasteiger partial charge in [0.2, 0.25) is 0 Å². The predicted molar refractivity (Wildman–Crippen MR) is 45.3 cm³/mol. The number of hydrogen-bond donors (Lipinski definition) is 2. The highest BCUT2D eigenvalue weighted by Crippen LogP contribution is 2.03. The fraction of sp³-hybridized carbons (Fsp3) is 0.125. The van der Waals surface area contributed by atoms with Gasteiger partial charge in [-0.25, -0.2) is 9.78 Å². The van der Waals surface area contributed by atoms with Gasteiger partial charge in [-0.05, 0) is 12.1 Å². The molecule has 0 aliphatic carbocycles. The van der Waals surface area contributed by atoms with E-state index in [1.165, 1.54) is 6.07 Å². The number of carboxylic acid groups (broad SMARTS) is 1. The Balaban J connectivity index is 2.80. The number of hydrogen-bond acceptors (Lipinski definition) is 4. The van der Waals surface area contributed by atoms with Gasteiger partial charge in [0.15, 0.2) is 5.69 Å². The molecule has 2 N–H and O–H groups in total. The van der Waals surface area contributed by atoms with Crippen LogP contribution in [0.25, 0.3) is 0 Å². The fourth-order valence-electron chi connectivity index (χ4n) is 0.782. The molecule has 0 saturated heterocycles. The smallest absolute Gasteiger partial charge is 0.354 e. The Morgan fingerprint density at radius 1 is 1.69 bits per heavy atom. The van der Waals surface area contributed by atoms with E-state index < -0.39 is 5.97 Å². The quantitative estimate of drug-likeness (QED) is 0.664. The van der Waals surface area contributed by atoms with Crippen LogP contribution < -0.4 is 5.32 Å². The molecule has 0 aliphatic heterocycles. The largest absolute Gasteiger partial charge is 0.477 e. The van der Waals surface area contributed by atoms with Gasteiger partial charge in [-0.3, -0.25) is 0 Å². The number of nitriles is 1. The molecule has 0 bridgehead atoms. The molecule has 0 unspecified atom stereocenters. The van der Waals surface area contributed by atoms with Crippen molar-refractivity contribution >= 4 is 11.8 Å². The average molecular weight is 177 g/mol. The van der Waals surface area contributed by atoms with Crippen molar-refractivity contribution in [3.63, 3.8) is 0 Å². The summed E-state index contributed by atoms with van der Waals surface area (Å²) < 4.78 is 0. The van der Waals surface area contributed by atoms with Crippen molar-refractivity contribution in [2.24, 2.45) is 0 Å². The van der Waals surface area contributed by atoms with Crippen LogP contribution in [0.3, 0.4) is 0 Å². The van der Waals surface area contributed by atoms with E-state index in [2.05, 4.69) is 10.3 Å². The first kappa shape index (κ1) is 9.00. The lowest BCUT2D eigenvalue weighted by Crippen LogP contribution is -2.05. The van der Waals surface area contributed by atoms with E-state index in [9.17, 15) is 4.79 Å². The fourth-order valence-corrected chi connectivity index (χ4v) is 0.782. The van der Waals surface area contributed by atoms with E-state index in [1.807, 2.05) is 6.07 Å². The number of carboxylic acids is 1. The van der Waals surface area contributed by atoms with Crippen LogP contribution in [0.4, 0.5) is 5.82 Å². The number of anilines is 1. The maximum atomic E-state index is 10.5. The standard InChI is InChI=1S/C8H7N3O2/c9-4-5-10-7-3-1-2-6(11-7)8(12)13/h1-3H,5H2,(H,10,11)(H,12,13). The maximum Gasteiger partial charge on any atom is 0.354 e. The lowest BCUT2D eigenvalue weighted by molar-refractivity contribution is 0.0690. The van der Waals surface area contributed by atoms with Crippen molar-refractivity contribution in [3.8, 4) is 6.07 Å².